The van der Waals surface area contributed by atoms with Crippen molar-refractivity contribution in [3.05, 3.63) is 36.4 Å². The van der Waals surface area contributed by atoms with E-state index in [1.807, 2.05) is 0 Å². The molecule has 0 radical (unpaired) electrons. The van der Waals surface area contributed by atoms with Crippen molar-refractivity contribution in [2.24, 2.45) is 5.73 Å². The third kappa shape index (κ3) is 4.60. The van der Waals surface area contributed by atoms with E-state index in [0.717, 1.165) is 39.0 Å². The first-order valence-electron chi connectivity index (χ1n) is 7.34. The number of anilines is 2. The van der Waals surface area contributed by atoms with Crippen molar-refractivity contribution in [2.75, 3.05) is 36.4 Å². The van der Waals surface area contributed by atoms with Crippen LogP contribution in [0.25, 0.3) is 0 Å². The molecule has 3 N–H and O–H groups in total. The van der Waals surface area contributed by atoms with E-state index in [4.69, 9.17) is 5.73 Å². The van der Waals surface area contributed by atoms with Crippen LogP contribution >= 0.6 is 0 Å². The molecule has 0 bridgehead atoms. The van der Waals surface area contributed by atoms with Crippen LogP contribution in [0.4, 0.5) is 11.4 Å². The molecule has 3 heteroatoms. The Morgan fingerprint density at radius 1 is 1.05 bits per heavy atom. The zero-order chi connectivity index (χ0) is 13.3. The summed E-state index contributed by atoms with van der Waals surface area (Å²) in [5.41, 5.74) is 8.01. The van der Waals surface area contributed by atoms with E-state index in [0.29, 0.717) is 0 Å². The summed E-state index contributed by atoms with van der Waals surface area (Å²) in [5.74, 6) is 0. The number of nitrogens with zero attached hydrogens (tertiary/aromatic N) is 1. The third-order valence-electron chi connectivity index (χ3n) is 3.50. The van der Waals surface area contributed by atoms with Gasteiger partial charge in [-0.3, -0.25) is 0 Å². The Balaban J connectivity index is 1.76. The Morgan fingerprint density at radius 2 is 1.89 bits per heavy atom. The molecule has 0 saturated carbocycles. The van der Waals surface area contributed by atoms with Gasteiger partial charge in [0.15, 0.2) is 0 Å². The van der Waals surface area contributed by atoms with Gasteiger partial charge in [0.1, 0.15) is 0 Å². The van der Waals surface area contributed by atoms with Crippen LogP contribution in [0.2, 0.25) is 0 Å². The van der Waals surface area contributed by atoms with Crippen molar-refractivity contribution in [3.8, 4) is 0 Å². The average molecular weight is 259 g/mol. The highest BCUT2D eigenvalue weighted by Gasteiger charge is 2.06. The Morgan fingerprint density at radius 3 is 2.58 bits per heavy atom. The van der Waals surface area contributed by atoms with Crippen LogP contribution in [0.1, 0.15) is 25.7 Å². The third-order valence-corrected chi connectivity index (χ3v) is 3.50. The Kier molecular flexibility index (Phi) is 5.76. The lowest BCUT2D eigenvalue weighted by molar-refractivity contribution is 0.707. The Labute approximate surface area is 116 Å². The molecule has 0 aromatic heterocycles. The van der Waals surface area contributed by atoms with Crippen LogP contribution in [0, 0.1) is 0 Å². The highest BCUT2D eigenvalue weighted by Crippen LogP contribution is 2.19. The predicted octanol–water partition coefficient (Wildman–Crippen LogP) is 2.99. The van der Waals surface area contributed by atoms with Gasteiger partial charge >= 0.3 is 0 Å². The molecule has 19 heavy (non-hydrogen) atoms. The van der Waals surface area contributed by atoms with Crippen LogP contribution < -0.4 is 16.0 Å². The van der Waals surface area contributed by atoms with Crippen molar-refractivity contribution >= 4 is 11.4 Å². The molecule has 0 fully saturated rings. The number of unbranched alkanes of at least 4 members (excludes halogenated alkanes) is 2. The van der Waals surface area contributed by atoms with Gasteiger partial charge in [0.25, 0.3) is 0 Å². The van der Waals surface area contributed by atoms with E-state index < -0.39 is 0 Å². The van der Waals surface area contributed by atoms with Gasteiger partial charge in [0.2, 0.25) is 0 Å². The molecule has 1 aliphatic rings. The molecule has 0 amide bonds. The second kappa shape index (κ2) is 7.85. The van der Waals surface area contributed by atoms with Crippen LogP contribution in [0.5, 0.6) is 0 Å². The summed E-state index contributed by atoms with van der Waals surface area (Å²) in [6.45, 7) is 4.00. The molecule has 1 aromatic rings. The number of benzene rings is 1. The molecular formula is C16H25N3. The highest BCUT2D eigenvalue weighted by molar-refractivity contribution is 5.55. The molecule has 1 aromatic carbocycles. The van der Waals surface area contributed by atoms with Crippen molar-refractivity contribution in [1.82, 2.24) is 0 Å². The van der Waals surface area contributed by atoms with E-state index in [1.165, 1.54) is 24.2 Å². The quantitative estimate of drug-likeness (QED) is 0.584. The summed E-state index contributed by atoms with van der Waals surface area (Å²) in [5, 5.41) is 3.46. The lowest BCUT2D eigenvalue weighted by Gasteiger charge is -2.25. The van der Waals surface area contributed by atoms with E-state index in [2.05, 4.69) is 46.6 Å². The largest absolute Gasteiger partial charge is 0.385 e. The molecule has 0 spiro atoms. The number of nitrogens with one attached hydrogen (secondary N) is 1. The van der Waals surface area contributed by atoms with Crippen molar-refractivity contribution < 1.29 is 0 Å². The van der Waals surface area contributed by atoms with Gasteiger partial charge in [-0.05, 0) is 50.1 Å². The number of hydrogen-bond donors (Lipinski definition) is 2. The van der Waals surface area contributed by atoms with Crippen molar-refractivity contribution in [3.63, 3.8) is 0 Å². The minimum Gasteiger partial charge on any atom is -0.385 e. The predicted molar refractivity (Wildman–Crippen MR) is 83.8 cm³/mol. The SMILES string of the molecule is NCCCCCNc1ccc(N2CC=CCC2)cc1. The first kappa shape index (κ1) is 13.9. The maximum Gasteiger partial charge on any atom is 0.0370 e. The number of hydrogen-bond acceptors (Lipinski definition) is 3. The zero-order valence-corrected chi connectivity index (χ0v) is 11.6. The molecule has 0 aliphatic carbocycles. The van der Waals surface area contributed by atoms with Crippen LogP contribution in [-0.2, 0) is 0 Å². The smallest absolute Gasteiger partial charge is 0.0370 e. The normalized spacial score (nSPS) is 14.7. The summed E-state index contributed by atoms with van der Waals surface area (Å²) in [6.07, 6.45) is 9.18. The fourth-order valence-electron chi connectivity index (χ4n) is 2.34. The fraction of sp³-hybridized carbons (Fsp3) is 0.500. The van der Waals surface area contributed by atoms with Gasteiger partial charge in [-0.2, -0.15) is 0 Å². The zero-order valence-electron chi connectivity index (χ0n) is 11.6. The maximum absolute atomic E-state index is 5.48. The Bertz CT molecular complexity index is 383. The minimum absolute atomic E-state index is 0.805. The van der Waals surface area contributed by atoms with Crippen molar-refractivity contribution in [2.45, 2.75) is 25.7 Å². The standard InChI is InChI=1S/C16H25N3/c17-11-3-1-4-12-18-15-7-9-16(10-8-15)19-13-5-2-6-14-19/h2,5,7-10,18H,1,3-4,6,11-14,17H2. The molecule has 1 heterocycles. The molecule has 2 rings (SSSR count). The van der Waals surface area contributed by atoms with Gasteiger partial charge < -0.3 is 16.0 Å². The number of nitrogens with two attached hydrogens (primary N) is 1. The van der Waals surface area contributed by atoms with E-state index in [9.17, 15) is 0 Å². The average Bonchev–Trinajstić information content (AvgIpc) is 2.49. The van der Waals surface area contributed by atoms with Crippen molar-refractivity contribution in [1.29, 1.82) is 0 Å². The maximum atomic E-state index is 5.48. The summed E-state index contributed by atoms with van der Waals surface area (Å²) >= 11 is 0. The lowest BCUT2D eigenvalue weighted by atomic mass is 10.2. The second-order valence-electron chi connectivity index (χ2n) is 5.03. The molecule has 1 aliphatic heterocycles. The molecule has 0 atom stereocenters. The topological polar surface area (TPSA) is 41.3 Å². The van der Waals surface area contributed by atoms with E-state index in [1.54, 1.807) is 0 Å². The van der Waals surface area contributed by atoms with Crippen LogP contribution in [-0.4, -0.2) is 26.2 Å². The monoisotopic (exact) mass is 259 g/mol. The minimum atomic E-state index is 0.805. The second-order valence-corrected chi connectivity index (χ2v) is 5.03. The molecule has 104 valence electrons. The van der Waals surface area contributed by atoms with Gasteiger partial charge in [0, 0.05) is 31.0 Å². The number of rotatable bonds is 7. The summed E-state index contributed by atoms with van der Waals surface area (Å²) in [6, 6.07) is 8.77. The first-order chi connectivity index (χ1) is 9.40. The Hall–Kier alpha value is -1.48. The van der Waals surface area contributed by atoms with Crippen LogP contribution in [0.15, 0.2) is 36.4 Å². The van der Waals surface area contributed by atoms with Crippen LogP contribution in [0.3, 0.4) is 0 Å². The molecular weight excluding hydrogens is 234 g/mol. The first-order valence-corrected chi connectivity index (χ1v) is 7.34. The lowest BCUT2D eigenvalue weighted by Crippen LogP contribution is -2.26. The molecule has 0 saturated heterocycles. The van der Waals surface area contributed by atoms with E-state index in [-0.39, 0.29) is 0 Å². The van der Waals surface area contributed by atoms with Gasteiger partial charge in [0.05, 0.1) is 0 Å². The summed E-state index contributed by atoms with van der Waals surface area (Å²) in [7, 11) is 0. The fourth-order valence-corrected chi connectivity index (χ4v) is 2.34. The van der Waals surface area contributed by atoms with Gasteiger partial charge in [-0.15, -0.1) is 0 Å². The van der Waals surface area contributed by atoms with E-state index >= 15 is 0 Å². The molecule has 3 nitrogen and oxygen atoms in total. The summed E-state index contributed by atoms with van der Waals surface area (Å²) in [4.78, 5) is 2.41. The molecule has 0 unspecified atom stereocenters. The van der Waals surface area contributed by atoms with Gasteiger partial charge in [-0.25, -0.2) is 0 Å². The highest BCUT2D eigenvalue weighted by atomic mass is 15.1. The van der Waals surface area contributed by atoms with Gasteiger partial charge in [-0.1, -0.05) is 18.6 Å². The summed E-state index contributed by atoms with van der Waals surface area (Å²) < 4.78 is 0.